The first-order valence-corrected chi connectivity index (χ1v) is 8.93. The predicted molar refractivity (Wildman–Crippen MR) is 84.0 cm³/mol. The van der Waals surface area contributed by atoms with Crippen LogP contribution >= 0.6 is 11.6 Å². The average Bonchev–Trinajstić information content (AvgIpc) is 2.39. The van der Waals surface area contributed by atoms with Crippen LogP contribution in [0.15, 0.2) is 18.2 Å². The molecule has 1 aliphatic rings. The number of nitrogens with one attached hydrogen (secondary N) is 3. The van der Waals surface area contributed by atoms with Gasteiger partial charge in [0.1, 0.15) is 0 Å². The molecule has 1 aromatic carbocycles. The summed E-state index contributed by atoms with van der Waals surface area (Å²) >= 11 is 6.13. The van der Waals surface area contributed by atoms with Crippen molar-refractivity contribution in [2.75, 3.05) is 35.9 Å². The molecule has 0 atom stereocenters. The van der Waals surface area contributed by atoms with Gasteiger partial charge in [-0.25, -0.2) is 8.42 Å². The fraction of sp³-hybridized carbons (Fsp3) is 0.538. The molecule has 0 radical (unpaired) electrons. The lowest BCUT2D eigenvalue weighted by Gasteiger charge is -2.23. The van der Waals surface area contributed by atoms with Gasteiger partial charge >= 0.3 is 0 Å². The lowest BCUT2D eigenvalue weighted by molar-refractivity contribution is 0.390. The Morgan fingerprint density at radius 2 is 2.05 bits per heavy atom. The summed E-state index contributed by atoms with van der Waals surface area (Å²) in [6.45, 7) is 2.95. The second kappa shape index (κ2) is 6.65. The minimum absolute atomic E-state index is 0.518. The summed E-state index contributed by atoms with van der Waals surface area (Å²) in [6, 6.07) is 5.07. The molecule has 1 aliphatic heterocycles. The molecular weight excluding hydrogens is 298 g/mol. The number of sulfonamides is 1. The summed E-state index contributed by atoms with van der Waals surface area (Å²) in [4.78, 5) is 0. The van der Waals surface area contributed by atoms with Crippen molar-refractivity contribution in [3.05, 3.63) is 23.2 Å². The average molecular weight is 318 g/mol. The molecule has 1 saturated heterocycles. The maximum atomic E-state index is 11.2. The zero-order chi connectivity index (χ0) is 14.6. The van der Waals surface area contributed by atoms with Gasteiger partial charge in [-0.15, -0.1) is 0 Å². The SMILES string of the molecule is CS(=O)(=O)Nc1ccc(Cl)c(NCC2CCNCC2)c1. The number of benzene rings is 1. The van der Waals surface area contributed by atoms with Gasteiger partial charge in [-0.05, 0) is 50.0 Å². The number of hydrogen-bond donors (Lipinski definition) is 3. The fourth-order valence-corrected chi connectivity index (χ4v) is 3.02. The molecule has 1 aromatic rings. The molecule has 0 bridgehead atoms. The van der Waals surface area contributed by atoms with Gasteiger partial charge in [0, 0.05) is 6.54 Å². The van der Waals surface area contributed by atoms with E-state index in [1.807, 2.05) is 0 Å². The fourth-order valence-electron chi connectivity index (χ4n) is 2.28. The molecule has 2 rings (SSSR count). The molecule has 0 unspecified atom stereocenters. The Bertz CT molecular complexity index is 557. The molecule has 0 aliphatic carbocycles. The van der Waals surface area contributed by atoms with Gasteiger partial charge in [0.25, 0.3) is 0 Å². The lowest BCUT2D eigenvalue weighted by atomic mass is 9.98. The molecule has 0 amide bonds. The van der Waals surface area contributed by atoms with E-state index in [4.69, 9.17) is 11.6 Å². The molecule has 0 aromatic heterocycles. The van der Waals surface area contributed by atoms with Gasteiger partial charge in [0.05, 0.1) is 22.7 Å². The van der Waals surface area contributed by atoms with Gasteiger partial charge in [-0.2, -0.15) is 0 Å². The molecule has 0 spiro atoms. The van der Waals surface area contributed by atoms with E-state index < -0.39 is 10.0 Å². The zero-order valence-corrected chi connectivity index (χ0v) is 13.0. The summed E-state index contributed by atoms with van der Waals surface area (Å²) < 4.78 is 24.9. The first-order chi connectivity index (χ1) is 9.44. The van der Waals surface area contributed by atoms with Crippen LogP contribution in [0.25, 0.3) is 0 Å². The third kappa shape index (κ3) is 4.85. The van der Waals surface area contributed by atoms with E-state index in [-0.39, 0.29) is 0 Å². The van der Waals surface area contributed by atoms with Crippen molar-refractivity contribution in [1.82, 2.24) is 5.32 Å². The third-order valence-corrected chi connectivity index (χ3v) is 4.25. The largest absolute Gasteiger partial charge is 0.384 e. The zero-order valence-electron chi connectivity index (χ0n) is 11.4. The van der Waals surface area contributed by atoms with Crippen molar-refractivity contribution >= 4 is 33.0 Å². The van der Waals surface area contributed by atoms with Gasteiger partial charge in [0.15, 0.2) is 0 Å². The quantitative estimate of drug-likeness (QED) is 0.778. The van der Waals surface area contributed by atoms with Crippen molar-refractivity contribution in [3.8, 4) is 0 Å². The summed E-state index contributed by atoms with van der Waals surface area (Å²) in [5, 5.41) is 7.24. The monoisotopic (exact) mass is 317 g/mol. The molecule has 1 heterocycles. The Kier molecular flexibility index (Phi) is 5.12. The number of hydrogen-bond acceptors (Lipinski definition) is 4. The minimum Gasteiger partial charge on any atom is -0.384 e. The second-order valence-electron chi connectivity index (χ2n) is 5.14. The van der Waals surface area contributed by atoms with E-state index in [0.29, 0.717) is 16.6 Å². The highest BCUT2D eigenvalue weighted by Crippen LogP contribution is 2.26. The molecule has 7 heteroatoms. The summed E-state index contributed by atoms with van der Waals surface area (Å²) in [5.74, 6) is 0.624. The van der Waals surface area contributed by atoms with Crippen LogP contribution in [0.1, 0.15) is 12.8 Å². The van der Waals surface area contributed by atoms with Crippen molar-refractivity contribution in [3.63, 3.8) is 0 Å². The van der Waals surface area contributed by atoms with E-state index in [0.717, 1.165) is 44.4 Å². The number of rotatable bonds is 5. The normalized spacial score (nSPS) is 16.9. The van der Waals surface area contributed by atoms with E-state index in [9.17, 15) is 8.42 Å². The minimum atomic E-state index is -3.27. The standard InChI is InChI=1S/C13H20ClN3O2S/c1-20(18,19)17-11-2-3-12(14)13(8-11)16-9-10-4-6-15-7-5-10/h2-3,8,10,15-17H,4-7,9H2,1H3. The van der Waals surface area contributed by atoms with Crippen LogP contribution in [0.2, 0.25) is 5.02 Å². The molecule has 5 nitrogen and oxygen atoms in total. The molecule has 112 valence electrons. The smallest absolute Gasteiger partial charge is 0.229 e. The maximum Gasteiger partial charge on any atom is 0.229 e. The summed E-state index contributed by atoms with van der Waals surface area (Å²) in [6.07, 6.45) is 3.42. The van der Waals surface area contributed by atoms with Crippen LogP contribution in [-0.2, 0) is 10.0 Å². The van der Waals surface area contributed by atoms with Gasteiger partial charge in [0.2, 0.25) is 10.0 Å². The van der Waals surface area contributed by atoms with Crippen LogP contribution in [0.4, 0.5) is 11.4 Å². The first kappa shape index (κ1) is 15.4. The maximum absolute atomic E-state index is 11.2. The Hall–Kier alpha value is -0.980. The Balaban J connectivity index is 2.00. The van der Waals surface area contributed by atoms with Crippen LogP contribution in [0.3, 0.4) is 0 Å². The highest BCUT2D eigenvalue weighted by Gasteiger charge is 2.13. The summed E-state index contributed by atoms with van der Waals surface area (Å²) in [5.41, 5.74) is 1.28. The van der Waals surface area contributed by atoms with Crippen molar-refractivity contribution in [1.29, 1.82) is 0 Å². The molecule has 0 saturated carbocycles. The van der Waals surface area contributed by atoms with Gasteiger partial charge in [-0.1, -0.05) is 11.6 Å². The topological polar surface area (TPSA) is 70.2 Å². The van der Waals surface area contributed by atoms with Crippen molar-refractivity contribution in [2.24, 2.45) is 5.92 Å². The van der Waals surface area contributed by atoms with Crippen LogP contribution in [-0.4, -0.2) is 34.3 Å². The Labute approximate surface area is 125 Å². The second-order valence-corrected chi connectivity index (χ2v) is 7.30. The Morgan fingerprint density at radius 3 is 2.70 bits per heavy atom. The van der Waals surface area contributed by atoms with Crippen LogP contribution in [0.5, 0.6) is 0 Å². The van der Waals surface area contributed by atoms with Crippen molar-refractivity contribution < 1.29 is 8.42 Å². The van der Waals surface area contributed by atoms with E-state index in [1.165, 1.54) is 0 Å². The van der Waals surface area contributed by atoms with E-state index in [1.54, 1.807) is 18.2 Å². The number of piperidine rings is 1. The lowest BCUT2D eigenvalue weighted by Crippen LogP contribution is -2.31. The molecule has 1 fully saturated rings. The Morgan fingerprint density at radius 1 is 1.35 bits per heavy atom. The molecule has 3 N–H and O–H groups in total. The highest BCUT2D eigenvalue weighted by atomic mass is 35.5. The molecule has 20 heavy (non-hydrogen) atoms. The van der Waals surface area contributed by atoms with Crippen molar-refractivity contribution in [2.45, 2.75) is 12.8 Å². The van der Waals surface area contributed by atoms with Crippen LogP contribution in [0, 0.1) is 5.92 Å². The van der Waals surface area contributed by atoms with Gasteiger partial charge in [-0.3, -0.25) is 4.72 Å². The third-order valence-electron chi connectivity index (χ3n) is 3.31. The summed E-state index contributed by atoms with van der Waals surface area (Å²) in [7, 11) is -3.27. The number of anilines is 2. The predicted octanol–water partition coefficient (Wildman–Crippen LogP) is 2.12. The van der Waals surface area contributed by atoms with E-state index >= 15 is 0 Å². The van der Waals surface area contributed by atoms with Crippen LogP contribution < -0.4 is 15.4 Å². The van der Waals surface area contributed by atoms with Gasteiger partial charge < -0.3 is 10.6 Å². The number of halogens is 1. The van der Waals surface area contributed by atoms with E-state index in [2.05, 4.69) is 15.4 Å². The highest BCUT2D eigenvalue weighted by molar-refractivity contribution is 7.92. The first-order valence-electron chi connectivity index (χ1n) is 6.66. The molecular formula is C13H20ClN3O2S.